The largest absolute Gasteiger partial charge is 0.298 e. The molecule has 2 heterocycles. The smallest absolute Gasteiger partial charge is 0.271 e. The molecule has 2 aromatic heterocycles. The number of aromatic nitrogens is 1. The second-order valence-corrected chi connectivity index (χ2v) is 9.44. The van der Waals surface area contributed by atoms with E-state index in [2.05, 4.69) is 15.0 Å². The fraction of sp³-hybridized carbons (Fsp3) is 0. The Morgan fingerprint density at radius 2 is 1.74 bits per heavy atom. The van der Waals surface area contributed by atoms with Gasteiger partial charge in [0.2, 0.25) is 0 Å². The second kappa shape index (κ2) is 7.10. The second-order valence-electron chi connectivity index (χ2n) is 5.56. The van der Waals surface area contributed by atoms with E-state index in [9.17, 15) is 13.2 Å². The van der Waals surface area contributed by atoms with Gasteiger partial charge in [0, 0.05) is 11.3 Å². The molecule has 4 aromatic rings. The summed E-state index contributed by atoms with van der Waals surface area (Å²) >= 11 is 2.54. The van der Waals surface area contributed by atoms with Gasteiger partial charge in [0.05, 0.1) is 10.2 Å². The fourth-order valence-electron chi connectivity index (χ4n) is 2.41. The number of hydrogen-bond acceptors (Lipinski definition) is 6. The van der Waals surface area contributed by atoms with Crippen molar-refractivity contribution in [3.8, 4) is 0 Å². The Morgan fingerprint density at radius 1 is 0.963 bits per heavy atom. The number of sulfonamides is 1. The summed E-state index contributed by atoms with van der Waals surface area (Å²) in [4.78, 5) is 16.8. The van der Waals surface area contributed by atoms with Gasteiger partial charge in [-0.25, -0.2) is 13.4 Å². The van der Waals surface area contributed by atoms with Crippen LogP contribution in [0.1, 0.15) is 10.4 Å². The summed E-state index contributed by atoms with van der Waals surface area (Å²) in [6.07, 6.45) is 0. The van der Waals surface area contributed by atoms with Gasteiger partial charge in [-0.2, -0.15) is 0 Å². The molecule has 1 amide bonds. The van der Waals surface area contributed by atoms with E-state index in [1.807, 2.05) is 24.3 Å². The summed E-state index contributed by atoms with van der Waals surface area (Å²) < 4.78 is 28.2. The van der Waals surface area contributed by atoms with Gasteiger partial charge in [0.25, 0.3) is 15.9 Å². The van der Waals surface area contributed by atoms with E-state index in [0.29, 0.717) is 16.4 Å². The molecule has 2 aromatic carbocycles. The summed E-state index contributed by atoms with van der Waals surface area (Å²) in [7, 11) is -3.61. The molecule has 0 unspecified atom stereocenters. The number of thiophene rings is 1. The van der Waals surface area contributed by atoms with E-state index in [1.54, 1.807) is 35.7 Å². The minimum atomic E-state index is -3.61. The molecule has 0 atom stereocenters. The maximum Gasteiger partial charge on any atom is 0.271 e. The predicted molar refractivity (Wildman–Crippen MR) is 109 cm³/mol. The molecule has 27 heavy (non-hydrogen) atoms. The average Bonchev–Trinajstić information content (AvgIpc) is 3.31. The highest BCUT2D eigenvalue weighted by Crippen LogP contribution is 2.26. The van der Waals surface area contributed by atoms with Gasteiger partial charge in [-0.05, 0) is 47.8 Å². The third kappa shape index (κ3) is 3.85. The number of carbonyl (C=O) groups excluding carboxylic acids is 1. The molecule has 2 N–H and O–H groups in total. The number of rotatable bonds is 5. The topological polar surface area (TPSA) is 88.2 Å². The predicted octanol–water partition coefficient (Wildman–Crippen LogP) is 4.41. The molecule has 0 fully saturated rings. The van der Waals surface area contributed by atoms with Crippen LogP contribution in [0.25, 0.3) is 10.2 Å². The van der Waals surface area contributed by atoms with Gasteiger partial charge in [-0.15, -0.1) is 11.3 Å². The first-order valence-corrected chi connectivity index (χ1v) is 11.0. The fourth-order valence-corrected chi connectivity index (χ4v) is 5.32. The van der Waals surface area contributed by atoms with Crippen molar-refractivity contribution in [2.45, 2.75) is 4.21 Å². The number of anilines is 2. The third-order valence-electron chi connectivity index (χ3n) is 3.67. The van der Waals surface area contributed by atoms with Gasteiger partial charge >= 0.3 is 0 Å². The lowest BCUT2D eigenvalue weighted by molar-refractivity contribution is 0.102. The van der Waals surface area contributed by atoms with Gasteiger partial charge in [0.1, 0.15) is 4.21 Å². The monoisotopic (exact) mass is 415 g/mol. The number of fused-ring (bicyclic) bond motifs is 1. The molecule has 0 saturated carbocycles. The van der Waals surface area contributed by atoms with E-state index in [1.165, 1.54) is 17.4 Å². The van der Waals surface area contributed by atoms with Gasteiger partial charge < -0.3 is 0 Å². The molecular weight excluding hydrogens is 402 g/mol. The van der Waals surface area contributed by atoms with Crippen molar-refractivity contribution in [1.82, 2.24) is 4.98 Å². The van der Waals surface area contributed by atoms with E-state index in [0.717, 1.165) is 21.6 Å². The first kappa shape index (κ1) is 17.7. The quantitative estimate of drug-likeness (QED) is 0.505. The van der Waals surface area contributed by atoms with Gasteiger partial charge in [0.15, 0.2) is 5.13 Å². The molecular formula is C18H13N3O3S3. The molecule has 0 aliphatic carbocycles. The summed E-state index contributed by atoms with van der Waals surface area (Å²) in [6.45, 7) is 0. The highest BCUT2D eigenvalue weighted by atomic mass is 32.2. The zero-order valence-electron chi connectivity index (χ0n) is 13.7. The molecule has 0 bridgehead atoms. The van der Waals surface area contributed by atoms with Crippen molar-refractivity contribution in [3.63, 3.8) is 0 Å². The van der Waals surface area contributed by atoms with Crippen LogP contribution >= 0.6 is 22.7 Å². The van der Waals surface area contributed by atoms with E-state index < -0.39 is 10.0 Å². The van der Waals surface area contributed by atoms with E-state index in [-0.39, 0.29) is 10.1 Å². The highest BCUT2D eigenvalue weighted by molar-refractivity contribution is 7.94. The number of nitrogens with zero attached hydrogens (tertiary/aromatic N) is 1. The lowest BCUT2D eigenvalue weighted by Crippen LogP contribution is -2.13. The zero-order valence-corrected chi connectivity index (χ0v) is 16.2. The van der Waals surface area contributed by atoms with Crippen LogP contribution in [0.3, 0.4) is 0 Å². The van der Waals surface area contributed by atoms with Crippen LogP contribution in [0.15, 0.2) is 70.3 Å². The van der Waals surface area contributed by atoms with Crippen LogP contribution in [0, 0.1) is 0 Å². The van der Waals surface area contributed by atoms with E-state index >= 15 is 0 Å². The first-order chi connectivity index (χ1) is 13.0. The lowest BCUT2D eigenvalue weighted by atomic mass is 10.2. The number of hydrogen-bond donors (Lipinski definition) is 2. The molecule has 0 aliphatic heterocycles. The standard InChI is InChI=1S/C18H13N3O3S3/c22-17(20-18-19-14-4-1-2-5-15(14)26-18)12-7-9-13(10-8-12)21-27(23,24)16-6-3-11-25-16/h1-11,21H,(H,19,20,22). The Labute approximate surface area is 163 Å². The third-order valence-corrected chi connectivity index (χ3v) is 7.40. The molecule has 9 heteroatoms. The van der Waals surface area contributed by atoms with Crippen molar-refractivity contribution in [1.29, 1.82) is 0 Å². The molecule has 0 aliphatic rings. The van der Waals surface area contributed by atoms with Crippen molar-refractivity contribution >= 4 is 59.6 Å². The summed E-state index contributed by atoms with van der Waals surface area (Å²) in [5.74, 6) is -0.304. The number of thiazole rings is 1. The van der Waals surface area contributed by atoms with Crippen LogP contribution in [0.2, 0.25) is 0 Å². The Bertz CT molecular complexity index is 1160. The van der Waals surface area contributed by atoms with Crippen LogP contribution in [0.5, 0.6) is 0 Å². The first-order valence-electron chi connectivity index (χ1n) is 7.85. The maximum absolute atomic E-state index is 12.4. The molecule has 0 saturated heterocycles. The number of amides is 1. The summed E-state index contributed by atoms with van der Waals surface area (Å²) in [5, 5.41) is 4.98. The maximum atomic E-state index is 12.4. The zero-order chi connectivity index (χ0) is 18.9. The lowest BCUT2D eigenvalue weighted by Gasteiger charge is -2.07. The number of nitrogens with one attached hydrogen (secondary N) is 2. The van der Waals surface area contributed by atoms with Crippen molar-refractivity contribution in [3.05, 3.63) is 71.6 Å². The number of carbonyl (C=O) groups is 1. The van der Waals surface area contributed by atoms with Crippen LogP contribution in [-0.2, 0) is 10.0 Å². The molecule has 136 valence electrons. The van der Waals surface area contributed by atoms with Crippen LogP contribution in [0.4, 0.5) is 10.8 Å². The minimum absolute atomic E-state index is 0.236. The number of benzene rings is 2. The normalized spacial score (nSPS) is 11.4. The van der Waals surface area contributed by atoms with Gasteiger partial charge in [-0.1, -0.05) is 29.5 Å². The molecule has 0 radical (unpaired) electrons. The highest BCUT2D eigenvalue weighted by Gasteiger charge is 2.15. The van der Waals surface area contributed by atoms with Crippen LogP contribution < -0.4 is 10.0 Å². The number of para-hydroxylation sites is 1. The Balaban J connectivity index is 1.47. The van der Waals surface area contributed by atoms with Crippen LogP contribution in [-0.4, -0.2) is 19.3 Å². The van der Waals surface area contributed by atoms with Gasteiger partial charge in [-0.3, -0.25) is 14.8 Å². The Kier molecular flexibility index (Phi) is 4.65. The average molecular weight is 416 g/mol. The minimum Gasteiger partial charge on any atom is -0.298 e. The van der Waals surface area contributed by atoms with Crippen molar-refractivity contribution in [2.75, 3.05) is 10.0 Å². The molecule has 6 nitrogen and oxygen atoms in total. The Hall–Kier alpha value is -2.75. The molecule has 0 spiro atoms. The SMILES string of the molecule is O=C(Nc1nc2ccccc2s1)c1ccc(NS(=O)(=O)c2cccs2)cc1. The van der Waals surface area contributed by atoms with E-state index in [4.69, 9.17) is 0 Å². The molecule has 4 rings (SSSR count). The van der Waals surface area contributed by atoms with Crippen molar-refractivity contribution in [2.24, 2.45) is 0 Å². The Morgan fingerprint density at radius 3 is 2.44 bits per heavy atom. The van der Waals surface area contributed by atoms with Crippen molar-refractivity contribution < 1.29 is 13.2 Å². The summed E-state index contributed by atoms with van der Waals surface area (Å²) in [5.41, 5.74) is 1.63. The summed E-state index contributed by atoms with van der Waals surface area (Å²) in [6, 6.07) is 17.1.